The number of rotatable bonds is 11. The maximum Gasteiger partial charge on any atom is 0.326 e. The van der Waals surface area contributed by atoms with Gasteiger partial charge in [-0.25, -0.2) is 8.42 Å². The Morgan fingerprint density at radius 2 is 1.62 bits per heavy atom. The number of sulfonamides is 1. The van der Waals surface area contributed by atoms with Crippen molar-refractivity contribution < 1.29 is 27.5 Å². The molecule has 0 aliphatic carbocycles. The summed E-state index contributed by atoms with van der Waals surface area (Å²) in [5.74, 6) is -1.72. The van der Waals surface area contributed by atoms with Crippen LogP contribution >= 0.6 is 0 Å². The first-order valence-corrected chi connectivity index (χ1v) is 11.0. The van der Waals surface area contributed by atoms with Crippen molar-refractivity contribution in [1.82, 2.24) is 14.9 Å². The number of hydrogen-bond donors (Lipinski definition) is 2. The van der Waals surface area contributed by atoms with Crippen LogP contribution < -0.4 is 10.6 Å². The lowest BCUT2D eigenvalue weighted by Gasteiger charge is -2.18. The number of esters is 1. The molecule has 1 aromatic carbocycles. The molecule has 0 radical (unpaired) electrons. The fourth-order valence-corrected chi connectivity index (χ4v) is 3.89. The summed E-state index contributed by atoms with van der Waals surface area (Å²) in [4.78, 5) is 35.7. The third kappa shape index (κ3) is 7.13. The fraction of sp³-hybridized carbons (Fsp3) is 0.526. The lowest BCUT2D eigenvalue weighted by atomic mass is 10.2. The van der Waals surface area contributed by atoms with Crippen LogP contribution in [0.2, 0.25) is 0 Å². The minimum Gasteiger partial charge on any atom is -0.451 e. The first-order chi connectivity index (χ1) is 13.7. The second-order valence-electron chi connectivity index (χ2n) is 6.22. The Labute approximate surface area is 171 Å². The first kappa shape index (κ1) is 24.6. The number of carbonyl (C=O) groups is 3. The van der Waals surface area contributed by atoms with Crippen molar-refractivity contribution in [3.63, 3.8) is 0 Å². The van der Waals surface area contributed by atoms with Crippen LogP contribution in [0.4, 0.5) is 0 Å². The van der Waals surface area contributed by atoms with Crippen molar-refractivity contribution in [3.05, 3.63) is 29.8 Å². The van der Waals surface area contributed by atoms with Crippen LogP contribution in [0, 0.1) is 0 Å². The van der Waals surface area contributed by atoms with E-state index in [1.54, 1.807) is 13.8 Å². The molecule has 1 atom stereocenters. The van der Waals surface area contributed by atoms with Gasteiger partial charge in [-0.3, -0.25) is 14.4 Å². The molecule has 0 saturated heterocycles. The molecule has 2 N–H and O–H groups in total. The standard InChI is InChI=1S/C19H29N3O6S/c1-5-12-20-18(24)14(4)28-17(23)13-21-19(25)15-8-10-16(11-9-15)29(26,27)22(6-2)7-3/h8-11,14H,5-7,12-13H2,1-4H3,(H,20,24)(H,21,25). The molecular formula is C19H29N3O6S. The summed E-state index contributed by atoms with van der Waals surface area (Å²) >= 11 is 0. The molecule has 0 fully saturated rings. The Bertz CT molecular complexity index is 804. The third-order valence-electron chi connectivity index (χ3n) is 4.08. The van der Waals surface area contributed by atoms with E-state index in [2.05, 4.69) is 10.6 Å². The van der Waals surface area contributed by atoms with E-state index in [0.717, 1.165) is 6.42 Å². The van der Waals surface area contributed by atoms with Crippen LogP contribution in [0.5, 0.6) is 0 Å². The van der Waals surface area contributed by atoms with Gasteiger partial charge in [0.15, 0.2) is 6.10 Å². The predicted molar refractivity (Wildman–Crippen MR) is 108 cm³/mol. The molecule has 29 heavy (non-hydrogen) atoms. The quantitative estimate of drug-likeness (QED) is 0.506. The van der Waals surface area contributed by atoms with Gasteiger partial charge < -0.3 is 15.4 Å². The Morgan fingerprint density at radius 3 is 2.14 bits per heavy atom. The van der Waals surface area contributed by atoms with Crippen molar-refractivity contribution >= 4 is 27.8 Å². The van der Waals surface area contributed by atoms with E-state index in [1.165, 1.54) is 35.5 Å². The van der Waals surface area contributed by atoms with Gasteiger partial charge in [-0.05, 0) is 37.6 Å². The summed E-state index contributed by atoms with van der Waals surface area (Å²) in [6.07, 6.45) is -0.201. The number of nitrogens with zero attached hydrogens (tertiary/aromatic N) is 1. The normalized spacial score (nSPS) is 12.3. The summed E-state index contributed by atoms with van der Waals surface area (Å²) < 4.78 is 31.2. The monoisotopic (exact) mass is 427 g/mol. The highest BCUT2D eigenvalue weighted by Gasteiger charge is 2.22. The van der Waals surface area contributed by atoms with Crippen LogP contribution in [0.1, 0.15) is 44.5 Å². The van der Waals surface area contributed by atoms with Crippen LogP contribution in [0.25, 0.3) is 0 Å². The van der Waals surface area contributed by atoms with Crippen molar-refractivity contribution in [2.24, 2.45) is 0 Å². The van der Waals surface area contributed by atoms with Gasteiger partial charge in [0.2, 0.25) is 10.0 Å². The van der Waals surface area contributed by atoms with Crippen molar-refractivity contribution in [2.75, 3.05) is 26.2 Å². The van der Waals surface area contributed by atoms with E-state index >= 15 is 0 Å². The second-order valence-corrected chi connectivity index (χ2v) is 8.16. The SMILES string of the molecule is CCCNC(=O)C(C)OC(=O)CNC(=O)c1ccc(S(=O)(=O)N(CC)CC)cc1. The molecule has 0 spiro atoms. The molecule has 1 aromatic rings. The molecule has 10 heteroatoms. The summed E-state index contributed by atoms with van der Waals surface area (Å²) in [6, 6.07) is 5.44. The molecule has 2 amide bonds. The number of ether oxygens (including phenoxy) is 1. The lowest BCUT2D eigenvalue weighted by Crippen LogP contribution is -2.39. The molecule has 162 valence electrons. The Hall–Kier alpha value is -2.46. The van der Waals surface area contributed by atoms with Gasteiger partial charge in [0.05, 0.1) is 4.90 Å². The van der Waals surface area contributed by atoms with Gasteiger partial charge in [-0.1, -0.05) is 20.8 Å². The van der Waals surface area contributed by atoms with E-state index in [0.29, 0.717) is 19.6 Å². The molecule has 1 rings (SSSR count). The second kappa shape index (κ2) is 11.5. The summed E-state index contributed by atoms with van der Waals surface area (Å²) in [6.45, 7) is 7.60. The van der Waals surface area contributed by atoms with Crippen molar-refractivity contribution in [2.45, 2.75) is 45.1 Å². The third-order valence-corrected chi connectivity index (χ3v) is 6.14. The molecule has 0 heterocycles. The van der Waals surface area contributed by atoms with Crippen LogP contribution in [0.15, 0.2) is 29.2 Å². The largest absolute Gasteiger partial charge is 0.451 e. The average molecular weight is 428 g/mol. The maximum absolute atomic E-state index is 12.4. The molecule has 0 aliphatic rings. The Balaban J connectivity index is 2.63. The van der Waals surface area contributed by atoms with Gasteiger partial charge in [0.1, 0.15) is 6.54 Å². The highest BCUT2D eigenvalue weighted by atomic mass is 32.2. The highest BCUT2D eigenvalue weighted by Crippen LogP contribution is 2.16. The minimum absolute atomic E-state index is 0.0871. The van der Waals surface area contributed by atoms with E-state index in [1.807, 2.05) is 6.92 Å². The van der Waals surface area contributed by atoms with Crippen LogP contribution in [-0.4, -0.2) is 62.8 Å². The summed E-state index contributed by atoms with van der Waals surface area (Å²) in [5, 5.41) is 4.99. The van der Waals surface area contributed by atoms with E-state index in [-0.39, 0.29) is 10.5 Å². The average Bonchev–Trinajstić information content (AvgIpc) is 2.70. The smallest absolute Gasteiger partial charge is 0.326 e. The minimum atomic E-state index is -3.61. The van der Waals surface area contributed by atoms with E-state index < -0.39 is 40.5 Å². The van der Waals surface area contributed by atoms with E-state index in [4.69, 9.17) is 4.74 Å². The first-order valence-electron chi connectivity index (χ1n) is 9.52. The molecule has 0 saturated carbocycles. The molecule has 0 aromatic heterocycles. The van der Waals surface area contributed by atoms with Crippen molar-refractivity contribution in [1.29, 1.82) is 0 Å². The van der Waals surface area contributed by atoms with Gasteiger partial charge in [0, 0.05) is 25.2 Å². The zero-order valence-electron chi connectivity index (χ0n) is 17.2. The highest BCUT2D eigenvalue weighted by molar-refractivity contribution is 7.89. The number of nitrogens with one attached hydrogen (secondary N) is 2. The summed E-state index contributed by atoms with van der Waals surface area (Å²) in [5.41, 5.74) is 0.199. The van der Waals surface area contributed by atoms with Gasteiger partial charge in [-0.15, -0.1) is 0 Å². The predicted octanol–water partition coefficient (Wildman–Crippen LogP) is 0.905. The topological polar surface area (TPSA) is 122 Å². The Morgan fingerprint density at radius 1 is 1.03 bits per heavy atom. The lowest BCUT2D eigenvalue weighted by molar-refractivity contribution is -0.153. The molecule has 0 bridgehead atoms. The molecular weight excluding hydrogens is 398 g/mol. The van der Waals surface area contributed by atoms with Gasteiger partial charge in [-0.2, -0.15) is 4.31 Å². The molecule has 0 aliphatic heterocycles. The Kier molecular flexibility index (Phi) is 9.76. The fourth-order valence-electron chi connectivity index (χ4n) is 2.43. The van der Waals surface area contributed by atoms with Crippen LogP contribution in [-0.2, 0) is 24.3 Å². The number of carbonyl (C=O) groups excluding carboxylic acids is 3. The number of benzene rings is 1. The zero-order valence-corrected chi connectivity index (χ0v) is 18.0. The molecule has 1 unspecified atom stereocenters. The van der Waals surface area contributed by atoms with E-state index in [9.17, 15) is 22.8 Å². The number of amides is 2. The zero-order chi connectivity index (χ0) is 22.0. The van der Waals surface area contributed by atoms with Gasteiger partial charge in [0.25, 0.3) is 11.8 Å². The number of hydrogen-bond acceptors (Lipinski definition) is 6. The van der Waals surface area contributed by atoms with Gasteiger partial charge >= 0.3 is 5.97 Å². The van der Waals surface area contributed by atoms with Crippen molar-refractivity contribution in [3.8, 4) is 0 Å². The maximum atomic E-state index is 12.4. The van der Waals surface area contributed by atoms with Crippen LogP contribution in [0.3, 0.4) is 0 Å². The molecule has 9 nitrogen and oxygen atoms in total. The summed E-state index contributed by atoms with van der Waals surface area (Å²) in [7, 11) is -3.61.